The van der Waals surface area contributed by atoms with Crippen LogP contribution in [0.1, 0.15) is 90.9 Å². The van der Waals surface area contributed by atoms with Crippen molar-refractivity contribution in [2.24, 2.45) is 5.92 Å². The normalized spacial score (nSPS) is 20.7. The first-order valence-corrected chi connectivity index (χ1v) is 8.75. The third kappa shape index (κ3) is 9.13. The quantitative estimate of drug-likeness (QED) is 0.573. The van der Waals surface area contributed by atoms with E-state index >= 15 is 0 Å². The van der Waals surface area contributed by atoms with E-state index in [1.54, 1.807) is 0 Å². The molecule has 0 heterocycles. The SMILES string of the molecule is CCCCC[C@@H](C)/C=C/NC1CCCCCCCC1. The van der Waals surface area contributed by atoms with E-state index in [4.69, 9.17) is 0 Å². The van der Waals surface area contributed by atoms with E-state index in [1.807, 2.05) is 0 Å². The van der Waals surface area contributed by atoms with Gasteiger partial charge in [0.05, 0.1) is 0 Å². The minimum atomic E-state index is 0.732. The molecule has 0 saturated heterocycles. The Morgan fingerprint density at radius 2 is 1.63 bits per heavy atom. The molecule has 0 aliphatic heterocycles. The van der Waals surface area contributed by atoms with Crippen molar-refractivity contribution in [2.75, 3.05) is 0 Å². The molecule has 1 atom stereocenters. The Morgan fingerprint density at radius 1 is 1.00 bits per heavy atom. The third-order valence-corrected chi connectivity index (χ3v) is 4.37. The van der Waals surface area contributed by atoms with Gasteiger partial charge in [0.15, 0.2) is 0 Å². The zero-order valence-corrected chi connectivity index (χ0v) is 13.3. The fraction of sp³-hybridized carbons (Fsp3) is 0.889. The Kier molecular flexibility index (Phi) is 9.93. The number of rotatable bonds is 7. The first-order valence-electron chi connectivity index (χ1n) is 8.75. The van der Waals surface area contributed by atoms with Gasteiger partial charge in [0.1, 0.15) is 0 Å². The van der Waals surface area contributed by atoms with Gasteiger partial charge in [-0.2, -0.15) is 0 Å². The van der Waals surface area contributed by atoms with Crippen LogP contribution in [-0.2, 0) is 0 Å². The van der Waals surface area contributed by atoms with E-state index in [0.717, 1.165) is 12.0 Å². The Morgan fingerprint density at radius 3 is 2.26 bits per heavy atom. The average molecular weight is 265 g/mol. The maximum absolute atomic E-state index is 3.66. The molecule has 1 aliphatic carbocycles. The maximum atomic E-state index is 3.66. The van der Waals surface area contributed by atoms with Gasteiger partial charge >= 0.3 is 0 Å². The van der Waals surface area contributed by atoms with Gasteiger partial charge < -0.3 is 5.32 Å². The predicted octanol–water partition coefficient (Wildman–Crippen LogP) is 5.81. The Bertz CT molecular complexity index is 212. The lowest BCUT2D eigenvalue weighted by molar-refractivity contribution is 0.477. The summed E-state index contributed by atoms with van der Waals surface area (Å²) in [4.78, 5) is 0. The molecular weight excluding hydrogens is 230 g/mol. The standard InChI is InChI=1S/C18H35N/c1-3-4-9-12-17(2)15-16-19-18-13-10-7-5-6-8-11-14-18/h15-19H,3-14H2,1-2H3/b16-15+/t17-/m1/s1. The third-order valence-electron chi connectivity index (χ3n) is 4.37. The van der Waals surface area contributed by atoms with Crippen molar-refractivity contribution in [3.05, 3.63) is 12.3 Å². The highest BCUT2D eigenvalue weighted by atomic mass is 14.9. The number of nitrogens with one attached hydrogen (secondary N) is 1. The molecule has 0 spiro atoms. The minimum Gasteiger partial charge on any atom is -0.388 e. The van der Waals surface area contributed by atoms with Crippen molar-refractivity contribution in [3.63, 3.8) is 0 Å². The van der Waals surface area contributed by atoms with Crippen LogP contribution >= 0.6 is 0 Å². The second-order valence-corrected chi connectivity index (χ2v) is 6.39. The van der Waals surface area contributed by atoms with Gasteiger partial charge in [-0.05, 0) is 31.4 Å². The lowest BCUT2D eigenvalue weighted by atomic mass is 10.0. The van der Waals surface area contributed by atoms with Crippen molar-refractivity contribution in [1.29, 1.82) is 0 Å². The summed E-state index contributed by atoms with van der Waals surface area (Å²) in [5.41, 5.74) is 0. The second kappa shape index (κ2) is 11.4. The molecule has 1 rings (SSSR count). The van der Waals surface area contributed by atoms with Crippen LogP contribution < -0.4 is 5.32 Å². The van der Waals surface area contributed by atoms with Gasteiger partial charge in [-0.3, -0.25) is 0 Å². The Hall–Kier alpha value is -0.460. The molecule has 0 aromatic carbocycles. The van der Waals surface area contributed by atoms with Crippen LogP contribution in [-0.4, -0.2) is 6.04 Å². The highest BCUT2D eigenvalue weighted by Crippen LogP contribution is 2.17. The molecule has 112 valence electrons. The van der Waals surface area contributed by atoms with Crippen molar-refractivity contribution < 1.29 is 0 Å². The van der Waals surface area contributed by atoms with Crippen molar-refractivity contribution in [2.45, 2.75) is 96.9 Å². The Labute approximate surface area is 121 Å². The summed E-state index contributed by atoms with van der Waals surface area (Å²) in [6.07, 6.45) is 21.4. The number of unbranched alkanes of at least 4 members (excludes halogenated alkanes) is 2. The summed E-state index contributed by atoms with van der Waals surface area (Å²) in [7, 11) is 0. The zero-order chi connectivity index (χ0) is 13.8. The molecule has 19 heavy (non-hydrogen) atoms. The van der Waals surface area contributed by atoms with Crippen molar-refractivity contribution >= 4 is 0 Å². The molecule has 1 nitrogen and oxygen atoms in total. The summed E-state index contributed by atoms with van der Waals surface area (Å²) >= 11 is 0. The van der Waals surface area contributed by atoms with E-state index in [-0.39, 0.29) is 0 Å². The summed E-state index contributed by atoms with van der Waals surface area (Å²) in [5.74, 6) is 0.732. The monoisotopic (exact) mass is 265 g/mol. The van der Waals surface area contributed by atoms with Crippen molar-refractivity contribution in [1.82, 2.24) is 5.32 Å². The molecule has 0 radical (unpaired) electrons. The molecule has 0 aromatic rings. The van der Waals surface area contributed by atoms with E-state index in [1.165, 1.54) is 77.0 Å². The smallest absolute Gasteiger partial charge is 0.0255 e. The predicted molar refractivity (Wildman–Crippen MR) is 86.3 cm³/mol. The highest BCUT2D eigenvalue weighted by Gasteiger charge is 2.08. The van der Waals surface area contributed by atoms with Gasteiger partial charge in [-0.25, -0.2) is 0 Å². The van der Waals surface area contributed by atoms with Crippen LogP contribution in [0.4, 0.5) is 0 Å². The first-order chi connectivity index (χ1) is 9.33. The van der Waals surface area contributed by atoms with E-state index < -0.39 is 0 Å². The molecule has 1 N–H and O–H groups in total. The molecule has 0 amide bonds. The lowest BCUT2D eigenvalue weighted by Gasteiger charge is -2.16. The minimum absolute atomic E-state index is 0.732. The largest absolute Gasteiger partial charge is 0.388 e. The molecular formula is C18H35N. The first kappa shape index (κ1) is 16.6. The molecule has 1 saturated carbocycles. The van der Waals surface area contributed by atoms with E-state index in [9.17, 15) is 0 Å². The summed E-state index contributed by atoms with van der Waals surface area (Å²) in [6.45, 7) is 4.62. The van der Waals surface area contributed by atoms with Crippen LogP contribution in [0.5, 0.6) is 0 Å². The number of allylic oxidation sites excluding steroid dienone is 1. The Balaban J connectivity index is 2.16. The second-order valence-electron chi connectivity index (χ2n) is 6.39. The topological polar surface area (TPSA) is 12.0 Å². The average Bonchev–Trinajstić information content (AvgIpc) is 2.53. The van der Waals surface area contributed by atoms with Crippen LogP contribution in [0, 0.1) is 5.92 Å². The van der Waals surface area contributed by atoms with Crippen LogP contribution in [0.15, 0.2) is 12.3 Å². The maximum Gasteiger partial charge on any atom is 0.0255 e. The van der Waals surface area contributed by atoms with E-state index in [2.05, 4.69) is 31.4 Å². The summed E-state index contributed by atoms with van der Waals surface area (Å²) in [5, 5.41) is 3.66. The van der Waals surface area contributed by atoms with Crippen LogP contribution in [0.25, 0.3) is 0 Å². The molecule has 1 aliphatic rings. The van der Waals surface area contributed by atoms with Gasteiger partial charge in [0.25, 0.3) is 0 Å². The van der Waals surface area contributed by atoms with E-state index in [0.29, 0.717) is 0 Å². The van der Waals surface area contributed by atoms with Gasteiger partial charge in [-0.1, -0.05) is 77.7 Å². The molecule has 0 aromatic heterocycles. The molecule has 1 fully saturated rings. The van der Waals surface area contributed by atoms with Gasteiger partial charge in [0, 0.05) is 6.04 Å². The summed E-state index contributed by atoms with van der Waals surface area (Å²) < 4.78 is 0. The van der Waals surface area contributed by atoms with Crippen LogP contribution in [0.3, 0.4) is 0 Å². The number of hydrogen-bond acceptors (Lipinski definition) is 1. The zero-order valence-electron chi connectivity index (χ0n) is 13.3. The number of hydrogen-bond donors (Lipinski definition) is 1. The fourth-order valence-corrected chi connectivity index (χ4v) is 2.97. The van der Waals surface area contributed by atoms with Gasteiger partial charge in [-0.15, -0.1) is 0 Å². The van der Waals surface area contributed by atoms with Crippen molar-refractivity contribution in [3.8, 4) is 0 Å². The molecule has 0 bridgehead atoms. The lowest BCUT2D eigenvalue weighted by Crippen LogP contribution is -2.24. The molecule has 0 unspecified atom stereocenters. The van der Waals surface area contributed by atoms with Crippen LogP contribution in [0.2, 0.25) is 0 Å². The fourth-order valence-electron chi connectivity index (χ4n) is 2.97. The summed E-state index contributed by atoms with van der Waals surface area (Å²) in [6, 6.07) is 0.734. The molecule has 1 heteroatoms. The van der Waals surface area contributed by atoms with Gasteiger partial charge in [0.2, 0.25) is 0 Å². The highest BCUT2D eigenvalue weighted by molar-refractivity contribution is 4.87.